The van der Waals surface area contributed by atoms with Crippen molar-refractivity contribution in [2.75, 3.05) is 30.8 Å². The second-order valence-electron chi connectivity index (χ2n) is 5.47. The highest BCUT2D eigenvalue weighted by atomic mass is 35.5. The molecule has 6 heteroatoms. The van der Waals surface area contributed by atoms with Crippen LogP contribution >= 0.6 is 35.6 Å². The third kappa shape index (κ3) is 4.04. The number of likely N-dealkylation sites (N-methyl/N-ethyl adjacent to an activating group) is 1. The molecule has 0 aromatic heterocycles. The third-order valence-corrected chi connectivity index (χ3v) is 4.54. The lowest BCUT2D eigenvalue weighted by molar-refractivity contribution is 0.897. The summed E-state index contributed by atoms with van der Waals surface area (Å²) in [7, 11) is 2.05. The zero-order valence-electron chi connectivity index (χ0n) is 13.2. The number of benzodiazepines with no additional fused rings is 1. The van der Waals surface area contributed by atoms with Gasteiger partial charge in [0.05, 0.1) is 22.3 Å². The average molecular weight is 383 g/mol. The molecule has 0 saturated heterocycles. The van der Waals surface area contributed by atoms with E-state index in [1.54, 1.807) is 6.07 Å². The average Bonchev–Trinajstić information content (AvgIpc) is 2.68. The highest BCUT2D eigenvalue weighted by molar-refractivity contribution is 6.42. The Kier molecular flexibility index (Phi) is 6.16. The van der Waals surface area contributed by atoms with Crippen molar-refractivity contribution in [3.63, 3.8) is 0 Å². The van der Waals surface area contributed by atoms with Crippen LogP contribution in [0.5, 0.6) is 0 Å². The first-order chi connectivity index (χ1) is 11.0. The first kappa shape index (κ1) is 18.7. The summed E-state index contributed by atoms with van der Waals surface area (Å²) in [6.07, 6.45) is 4.00. The highest BCUT2D eigenvalue weighted by Crippen LogP contribution is 2.27. The Balaban J connectivity index is 0.00000208. The van der Waals surface area contributed by atoms with Gasteiger partial charge in [-0.3, -0.25) is 4.99 Å². The van der Waals surface area contributed by atoms with Crippen molar-refractivity contribution in [2.45, 2.75) is 0 Å². The molecule has 2 aromatic rings. The van der Waals surface area contributed by atoms with Gasteiger partial charge in [-0.1, -0.05) is 35.3 Å². The monoisotopic (exact) mass is 381 g/mol. The molecule has 126 valence electrons. The molecule has 2 N–H and O–H groups in total. The minimum Gasteiger partial charge on any atom is -0.399 e. The van der Waals surface area contributed by atoms with E-state index in [1.807, 2.05) is 42.5 Å². The largest absolute Gasteiger partial charge is 0.399 e. The van der Waals surface area contributed by atoms with Crippen LogP contribution in [0.3, 0.4) is 0 Å². The van der Waals surface area contributed by atoms with Crippen LogP contribution in [0.1, 0.15) is 11.1 Å². The minimum atomic E-state index is 0. The van der Waals surface area contributed by atoms with Crippen LogP contribution in [0.4, 0.5) is 11.4 Å². The van der Waals surface area contributed by atoms with Crippen LogP contribution in [-0.2, 0) is 0 Å². The zero-order valence-corrected chi connectivity index (χ0v) is 15.5. The summed E-state index contributed by atoms with van der Waals surface area (Å²) < 4.78 is 0. The van der Waals surface area contributed by atoms with Gasteiger partial charge in [0.1, 0.15) is 0 Å². The summed E-state index contributed by atoms with van der Waals surface area (Å²) in [4.78, 5) is 6.86. The maximum Gasteiger partial charge on any atom is 0.0668 e. The molecular formula is C18H18Cl3N3. The van der Waals surface area contributed by atoms with Gasteiger partial charge in [-0.2, -0.15) is 0 Å². The SMILES string of the molecule is CN1CCN=C(C=Cc2ccc(Cl)c(Cl)c2)c2ccc(N)cc21.Cl. The number of benzene rings is 2. The van der Waals surface area contributed by atoms with E-state index in [4.69, 9.17) is 28.9 Å². The normalized spacial score (nSPS) is 14.0. The Morgan fingerprint density at radius 1 is 1.08 bits per heavy atom. The summed E-state index contributed by atoms with van der Waals surface area (Å²) in [5.41, 5.74) is 10.8. The number of hydrogen-bond acceptors (Lipinski definition) is 3. The molecule has 0 saturated carbocycles. The molecular weight excluding hydrogens is 365 g/mol. The number of rotatable bonds is 2. The maximum absolute atomic E-state index is 6.06. The van der Waals surface area contributed by atoms with Gasteiger partial charge in [-0.15, -0.1) is 12.4 Å². The lowest BCUT2D eigenvalue weighted by Gasteiger charge is -2.19. The van der Waals surface area contributed by atoms with Gasteiger partial charge in [-0.25, -0.2) is 0 Å². The molecule has 1 heterocycles. The Labute approximate surface area is 158 Å². The summed E-state index contributed by atoms with van der Waals surface area (Å²) in [5.74, 6) is 0. The lowest BCUT2D eigenvalue weighted by Crippen LogP contribution is -2.20. The maximum atomic E-state index is 6.06. The fourth-order valence-corrected chi connectivity index (χ4v) is 2.85. The first-order valence-corrected chi connectivity index (χ1v) is 8.09. The minimum absolute atomic E-state index is 0. The number of fused-ring (bicyclic) bond motifs is 1. The number of nitrogens with zero attached hydrogens (tertiary/aromatic N) is 2. The summed E-state index contributed by atoms with van der Waals surface area (Å²) in [6, 6.07) is 11.5. The summed E-state index contributed by atoms with van der Waals surface area (Å²) in [5, 5.41) is 1.10. The van der Waals surface area contributed by atoms with Gasteiger partial charge in [0, 0.05) is 30.5 Å². The number of halogens is 3. The van der Waals surface area contributed by atoms with Gasteiger partial charge in [-0.05, 0) is 42.0 Å². The standard InChI is InChI=1S/C18H17Cl2N3.ClH/c1-23-9-8-22-17(14-5-4-13(21)11-18(14)23)7-3-12-2-6-15(19)16(20)10-12;/h2-7,10-11H,8-9,21H2,1H3;1H. The number of hydrogen-bond donors (Lipinski definition) is 1. The van der Waals surface area contributed by atoms with Gasteiger partial charge >= 0.3 is 0 Å². The van der Waals surface area contributed by atoms with E-state index >= 15 is 0 Å². The van der Waals surface area contributed by atoms with Crippen LogP contribution in [0.25, 0.3) is 6.08 Å². The Hall–Kier alpha value is -1.68. The molecule has 0 aliphatic carbocycles. The van der Waals surface area contributed by atoms with Crippen molar-refractivity contribution in [2.24, 2.45) is 4.99 Å². The van der Waals surface area contributed by atoms with Crippen LogP contribution < -0.4 is 10.6 Å². The fourth-order valence-electron chi connectivity index (χ4n) is 2.54. The summed E-state index contributed by atoms with van der Waals surface area (Å²) >= 11 is 12.0. The van der Waals surface area contributed by atoms with Crippen molar-refractivity contribution >= 4 is 58.8 Å². The van der Waals surface area contributed by atoms with E-state index in [0.29, 0.717) is 10.0 Å². The predicted molar refractivity (Wildman–Crippen MR) is 108 cm³/mol. The molecule has 24 heavy (non-hydrogen) atoms. The van der Waals surface area contributed by atoms with E-state index in [9.17, 15) is 0 Å². The number of nitrogen functional groups attached to an aromatic ring is 1. The number of nitrogens with two attached hydrogens (primary N) is 1. The molecule has 3 rings (SSSR count). The molecule has 3 nitrogen and oxygen atoms in total. The van der Waals surface area contributed by atoms with Gasteiger partial charge < -0.3 is 10.6 Å². The molecule has 2 aromatic carbocycles. The molecule has 1 aliphatic rings. The molecule has 0 spiro atoms. The molecule has 0 unspecified atom stereocenters. The van der Waals surface area contributed by atoms with E-state index in [0.717, 1.165) is 41.3 Å². The van der Waals surface area contributed by atoms with Crippen LogP contribution in [0.15, 0.2) is 47.5 Å². The smallest absolute Gasteiger partial charge is 0.0668 e. The number of aliphatic imine (C=N–C) groups is 1. The Morgan fingerprint density at radius 2 is 1.88 bits per heavy atom. The van der Waals surface area contributed by atoms with Crippen molar-refractivity contribution in [3.8, 4) is 0 Å². The Bertz CT molecular complexity index is 800. The quantitative estimate of drug-likeness (QED) is 0.747. The highest BCUT2D eigenvalue weighted by Gasteiger charge is 2.14. The molecule has 0 radical (unpaired) electrons. The van der Waals surface area contributed by atoms with Crippen LogP contribution in [0, 0.1) is 0 Å². The van der Waals surface area contributed by atoms with Crippen molar-refractivity contribution in [3.05, 3.63) is 63.6 Å². The summed E-state index contributed by atoms with van der Waals surface area (Å²) in [6.45, 7) is 1.60. The number of allylic oxidation sites excluding steroid dienone is 1. The Morgan fingerprint density at radius 3 is 2.62 bits per heavy atom. The second kappa shape index (κ2) is 7.93. The fraction of sp³-hybridized carbons (Fsp3) is 0.167. The topological polar surface area (TPSA) is 41.6 Å². The van der Waals surface area contributed by atoms with E-state index in [1.165, 1.54) is 0 Å². The zero-order chi connectivity index (χ0) is 16.4. The second-order valence-corrected chi connectivity index (χ2v) is 6.29. The molecule has 0 fully saturated rings. The predicted octanol–water partition coefficient (Wildman–Crippen LogP) is 4.95. The van der Waals surface area contributed by atoms with Gasteiger partial charge in [0.25, 0.3) is 0 Å². The van der Waals surface area contributed by atoms with Crippen molar-refractivity contribution in [1.82, 2.24) is 0 Å². The molecule has 1 aliphatic heterocycles. The van der Waals surface area contributed by atoms with E-state index in [2.05, 4.69) is 16.9 Å². The molecule has 0 atom stereocenters. The van der Waals surface area contributed by atoms with E-state index in [-0.39, 0.29) is 12.4 Å². The first-order valence-electron chi connectivity index (χ1n) is 7.33. The lowest BCUT2D eigenvalue weighted by atomic mass is 10.0. The van der Waals surface area contributed by atoms with Gasteiger partial charge in [0.15, 0.2) is 0 Å². The molecule has 0 bridgehead atoms. The number of anilines is 2. The molecule has 0 amide bonds. The van der Waals surface area contributed by atoms with E-state index < -0.39 is 0 Å². The van der Waals surface area contributed by atoms with Gasteiger partial charge in [0.2, 0.25) is 0 Å². The van der Waals surface area contributed by atoms with Crippen molar-refractivity contribution in [1.29, 1.82) is 0 Å². The third-order valence-electron chi connectivity index (χ3n) is 3.80. The van der Waals surface area contributed by atoms with Crippen LogP contribution in [0.2, 0.25) is 10.0 Å². The van der Waals surface area contributed by atoms with Crippen molar-refractivity contribution < 1.29 is 0 Å². The van der Waals surface area contributed by atoms with Crippen LogP contribution in [-0.4, -0.2) is 25.8 Å².